The zero-order chi connectivity index (χ0) is 12.7. The van der Waals surface area contributed by atoms with Gasteiger partial charge in [0.05, 0.1) is 19.3 Å². The summed E-state index contributed by atoms with van der Waals surface area (Å²) in [4.78, 5) is 0. The van der Waals surface area contributed by atoms with Crippen molar-refractivity contribution in [1.29, 1.82) is 0 Å². The van der Waals surface area contributed by atoms with Crippen LogP contribution in [-0.4, -0.2) is 24.9 Å². The maximum atomic E-state index is 6.37. The molecule has 0 aromatic heterocycles. The van der Waals surface area contributed by atoms with Crippen molar-refractivity contribution in [2.75, 3.05) is 13.2 Å². The van der Waals surface area contributed by atoms with Crippen LogP contribution in [0.15, 0.2) is 24.3 Å². The summed E-state index contributed by atoms with van der Waals surface area (Å²) < 4.78 is 11.7. The Hall–Kier alpha value is -1.06. The van der Waals surface area contributed by atoms with E-state index in [1.807, 2.05) is 0 Å². The van der Waals surface area contributed by atoms with Crippen LogP contribution >= 0.6 is 0 Å². The molecule has 0 radical (unpaired) electrons. The minimum absolute atomic E-state index is 0.0939. The highest BCUT2D eigenvalue weighted by molar-refractivity contribution is 5.39. The molecular formula is C16H21NO2. The summed E-state index contributed by atoms with van der Waals surface area (Å²) in [6.07, 6.45) is 6.14. The van der Waals surface area contributed by atoms with Crippen LogP contribution in [0.1, 0.15) is 43.7 Å². The van der Waals surface area contributed by atoms with E-state index in [1.54, 1.807) is 0 Å². The van der Waals surface area contributed by atoms with Gasteiger partial charge in [0, 0.05) is 18.0 Å². The van der Waals surface area contributed by atoms with Crippen LogP contribution in [0.5, 0.6) is 5.75 Å². The zero-order valence-electron chi connectivity index (χ0n) is 11.2. The number of rotatable bonds is 2. The van der Waals surface area contributed by atoms with E-state index in [0.29, 0.717) is 12.1 Å². The van der Waals surface area contributed by atoms with Gasteiger partial charge >= 0.3 is 0 Å². The first-order valence-corrected chi connectivity index (χ1v) is 7.46. The largest absolute Gasteiger partial charge is 0.487 e. The minimum Gasteiger partial charge on any atom is -0.487 e. The standard InChI is InChI=1S/C16H21NO2/c1-2-6-15-13(5-1)14(17-12-10-18-11-12)9-16(19-15)7-3-4-8-16/h1-2,5-6,12,14,17H,3-4,7-11H2. The monoisotopic (exact) mass is 259 g/mol. The maximum absolute atomic E-state index is 6.37. The molecule has 1 saturated heterocycles. The Balaban J connectivity index is 1.63. The number of benzene rings is 1. The van der Waals surface area contributed by atoms with E-state index < -0.39 is 0 Å². The molecule has 1 aliphatic carbocycles. The van der Waals surface area contributed by atoms with Crippen molar-refractivity contribution in [3.63, 3.8) is 0 Å². The fourth-order valence-electron chi connectivity index (χ4n) is 3.71. The second kappa shape index (κ2) is 4.50. The number of hydrogen-bond donors (Lipinski definition) is 1. The van der Waals surface area contributed by atoms with E-state index in [9.17, 15) is 0 Å². The highest BCUT2D eigenvalue weighted by Crippen LogP contribution is 2.47. The van der Waals surface area contributed by atoms with Crippen molar-refractivity contribution in [2.24, 2.45) is 0 Å². The van der Waals surface area contributed by atoms with Crippen molar-refractivity contribution >= 4 is 0 Å². The summed E-state index contributed by atoms with van der Waals surface area (Å²) in [6, 6.07) is 9.47. The van der Waals surface area contributed by atoms with E-state index in [0.717, 1.165) is 25.4 Å². The van der Waals surface area contributed by atoms with Crippen LogP contribution in [0.4, 0.5) is 0 Å². The smallest absolute Gasteiger partial charge is 0.124 e. The third-order valence-corrected chi connectivity index (χ3v) is 4.79. The van der Waals surface area contributed by atoms with Crippen LogP contribution in [-0.2, 0) is 4.74 Å². The summed E-state index contributed by atoms with van der Waals surface area (Å²) in [6.45, 7) is 1.71. The van der Waals surface area contributed by atoms with Crippen molar-refractivity contribution in [2.45, 2.75) is 49.8 Å². The van der Waals surface area contributed by atoms with E-state index in [1.165, 1.54) is 31.2 Å². The zero-order valence-corrected chi connectivity index (χ0v) is 11.2. The average molecular weight is 259 g/mol. The summed E-state index contributed by atoms with van der Waals surface area (Å²) in [5.74, 6) is 1.09. The molecule has 2 heterocycles. The Kier molecular flexibility index (Phi) is 2.78. The first kappa shape index (κ1) is 11.7. The van der Waals surface area contributed by atoms with Gasteiger partial charge < -0.3 is 14.8 Å². The Labute approximate surface area is 114 Å². The molecule has 19 heavy (non-hydrogen) atoms. The van der Waals surface area contributed by atoms with Gasteiger partial charge in [-0.25, -0.2) is 0 Å². The first-order chi connectivity index (χ1) is 9.35. The fourth-order valence-corrected chi connectivity index (χ4v) is 3.71. The lowest BCUT2D eigenvalue weighted by molar-refractivity contribution is -0.0232. The van der Waals surface area contributed by atoms with Crippen molar-refractivity contribution in [3.8, 4) is 5.75 Å². The second-order valence-corrected chi connectivity index (χ2v) is 6.19. The van der Waals surface area contributed by atoms with Gasteiger partial charge in [-0.2, -0.15) is 0 Å². The highest BCUT2D eigenvalue weighted by Gasteiger charge is 2.43. The Morgan fingerprint density at radius 3 is 2.63 bits per heavy atom. The third-order valence-electron chi connectivity index (χ3n) is 4.79. The van der Waals surface area contributed by atoms with E-state index in [-0.39, 0.29) is 5.60 Å². The van der Waals surface area contributed by atoms with Gasteiger partial charge in [-0.1, -0.05) is 18.2 Å². The molecule has 3 aliphatic rings. The molecule has 1 N–H and O–H groups in total. The molecule has 1 aromatic rings. The van der Waals surface area contributed by atoms with E-state index >= 15 is 0 Å². The molecule has 1 atom stereocenters. The normalized spacial score (nSPS) is 28.7. The van der Waals surface area contributed by atoms with Gasteiger partial charge in [-0.3, -0.25) is 0 Å². The number of nitrogens with one attached hydrogen (secondary N) is 1. The maximum Gasteiger partial charge on any atom is 0.124 e. The van der Waals surface area contributed by atoms with Crippen molar-refractivity contribution in [1.82, 2.24) is 5.32 Å². The third kappa shape index (κ3) is 2.05. The van der Waals surface area contributed by atoms with Crippen LogP contribution in [0.25, 0.3) is 0 Å². The molecule has 2 aliphatic heterocycles. The number of para-hydroxylation sites is 1. The number of hydrogen-bond acceptors (Lipinski definition) is 3. The van der Waals surface area contributed by atoms with Gasteiger partial charge in [0.2, 0.25) is 0 Å². The van der Waals surface area contributed by atoms with Crippen LogP contribution in [0, 0.1) is 0 Å². The lowest BCUT2D eigenvalue weighted by atomic mass is 9.85. The summed E-state index contributed by atoms with van der Waals surface area (Å²) in [7, 11) is 0. The molecule has 1 spiro atoms. The van der Waals surface area contributed by atoms with Crippen LogP contribution in [0.3, 0.4) is 0 Å². The highest BCUT2D eigenvalue weighted by atomic mass is 16.5. The predicted molar refractivity (Wildman–Crippen MR) is 73.4 cm³/mol. The Bertz CT molecular complexity index is 464. The topological polar surface area (TPSA) is 30.5 Å². The van der Waals surface area contributed by atoms with E-state index in [2.05, 4.69) is 29.6 Å². The van der Waals surface area contributed by atoms with Gasteiger partial charge in [0.1, 0.15) is 11.4 Å². The van der Waals surface area contributed by atoms with Gasteiger partial charge in [0.15, 0.2) is 0 Å². The van der Waals surface area contributed by atoms with Crippen molar-refractivity contribution in [3.05, 3.63) is 29.8 Å². The molecule has 0 amide bonds. The first-order valence-electron chi connectivity index (χ1n) is 7.46. The summed E-state index contributed by atoms with van der Waals surface area (Å²) in [5, 5.41) is 3.76. The lowest BCUT2D eigenvalue weighted by Crippen LogP contribution is -2.51. The molecule has 102 valence electrons. The van der Waals surface area contributed by atoms with Gasteiger partial charge in [-0.15, -0.1) is 0 Å². The van der Waals surface area contributed by atoms with E-state index in [4.69, 9.17) is 9.47 Å². The molecule has 1 aromatic carbocycles. The summed E-state index contributed by atoms with van der Waals surface area (Å²) in [5.41, 5.74) is 1.42. The lowest BCUT2D eigenvalue weighted by Gasteiger charge is -2.42. The van der Waals surface area contributed by atoms with Gasteiger partial charge in [-0.05, 0) is 31.7 Å². The Morgan fingerprint density at radius 1 is 1.11 bits per heavy atom. The minimum atomic E-state index is 0.0939. The molecule has 1 unspecified atom stereocenters. The van der Waals surface area contributed by atoms with Crippen LogP contribution in [0.2, 0.25) is 0 Å². The van der Waals surface area contributed by atoms with Crippen molar-refractivity contribution < 1.29 is 9.47 Å². The van der Waals surface area contributed by atoms with Gasteiger partial charge in [0.25, 0.3) is 0 Å². The fraction of sp³-hybridized carbons (Fsp3) is 0.625. The molecule has 0 bridgehead atoms. The molecular weight excluding hydrogens is 238 g/mol. The predicted octanol–water partition coefficient (Wildman–Crippen LogP) is 2.81. The SMILES string of the molecule is c1ccc2c(c1)OC1(CCCC1)CC2NC1COC1. The Morgan fingerprint density at radius 2 is 1.89 bits per heavy atom. The van der Waals surface area contributed by atoms with Crippen LogP contribution < -0.4 is 10.1 Å². The molecule has 4 rings (SSSR count). The average Bonchev–Trinajstić information content (AvgIpc) is 2.81. The molecule has 3 heteroatoms. The molecule has 3 nitrogen and oxygen atoms in total. The summed E-state index contributed by atoms with van der Waals surface area (Å²) >= 11 is 0. The molecule has 2 fully saturated rings. The number of fused-ring (bicyclic) bond motifs is 1. The molecule has 1 saturated carbocycles. The second-order valence-electron chi connectivity index (χ2n) is 6.19. The number of ether oxygens (including phenoxy) is 2. The quantitative estimate of drug-likeness (QED) is 0.886.